The van der Waals surface area contributed by atoms with Crippen LogP contribution in [-0.2, 0) is 11.3 Å². The highest BCUT2D eigenvalue weighted by molar-refractivity contribution is 4.99. The third-order valence-corrected chi connectivity index (χ3v) is 2.42. The van der Waals surface area contributed by atoms with E-state index < -0.39 is 0 Å². The quantitative estimate of drug-likeness (QED) is 0.743. The first-order valence-corrected chi connectivity index (χ1v) is 5.12. The molecule has 1 aromatic rings. The summed E-state index contributed by atoms with van der Waals surface area (Å²) in [5, 5.41) is 7.63. The van der Waals surface area contributed by atoms with Crippen LogP contribution in [0.1, 0.15) is 5.56 Å². The molecule has 1 atom stereocenters. The van der Waals surface area contributed by atoms with Crippen LogP contribution < -0.4 is 5.32 Å². The van der Waals surface area contributed by atoms with Crippen molar-refractivity contribution in [2.75, 3.05) is 26.3 Å². The lowest BCUT2D eigenvalue weighted by atomic mass is 10.1. The number of hydrogen-bond donors (Lipinski definition) is 1. The van der Waals surface area contributed by atoms with Crippen molar-refractivity contribution in [2.24, 2.45) is 5.92 Å². The van der Waals surface area contributed by atoms with Gasteiger partial charge in [0.2, 0.25) is 0 Å². The van der Waals surface area contributed by atoms with Crippen LogP contribution in [0.25, 0.3) is 0 Å². The first kappa shape index (κ1) is 9.68. The molecule has 0 aromatic carbocycles. The van der Waals surface area contributed by atoms with Gasteiger partial charge in [-0.2, -0.15) is 5.10 Å². The Balaban J connectivity index is 1.89. The average Bonchev–Trinajstić information content (AvgIpc) is 2.43. The van der Waals surface area contributed by atoms with Gasteiger partial charge in [0, 0.05) is 31.7 Å². The van der Waals surface area contributed by atoms with Gasteiger partial charge < -0.3 is 10.1 Å². The first-order valence-electron chi connectivity index (χ1n) is 5.12. The molecule has 0 bridgehead atoms. The molecule has 0 amide bonds. The second kappa shape index (κ2) is 4.57. The molecule has 4 nitrogen and oxygen atoms in total. The molecule has 0 spiro atoms. The maximum atomic E-state index is 5.48. The lowest BCUT2D eigenvalue weighted by Crippen LogP contribution is -2.26. The van der Waals surface area contributed by atoms with E-state index in [0.29, 0.717) is 5.92 Å². The maximum Gasteiger partial charge on any atom is 0.0591 e. The largest absolute Gasteiger partial charge is 0.380 e. The van der Waals surface area contributed by atoms with E-state index in [2.05, 4.69) is 23.5 Å². The van der Waals surface area contributed by atoms with Gasteiger partial charge >= 0.3 is 0 Å². The fourth-order valence-electron chi connectivity index (χ4n) is 1.71. The summed E-state index contributed by atoms with van der Waals surface area (Å²) >= 11 is 0. The Morgan fingerprint density at radius 1 is 1.71 bits per heavy atom. The van der Waals surface area contributed by atoms with Crippen LogP contribution in [0.3, 0.4) is 0 Å². The van der Waals surface area contributed by atoms with Crippen LogP contribution in [0.15, 0.2) is 12.4 Å². The van der Waals surface area contributed by atoms with Gasteiger partial charge in [-0.3, -0.25) is 4.68 Å². The molecule has 1 saturated heterocycles. The van der Waals surface area contributed by atoms with Crippen LogP contribution in [0.2, 0.25) is 0 Å². The minimum Gasteiger partial charge on any atom is -0.380 e. The number of nitrogens with zero attached hydrogens (tertiary/aromatic N) is 2. The molecule has 2 rings (SSSR count). The van der Waals surface area contributed by atoms with Crippen LogP contribution in [-0.4, -0.2) is 36.1 Å². The van der Waals surface area contributed by atoms with Crippen LogP contribution in [0, 0.1) is 12.8 Å². The molecule has 4 heteroatoms. The topological polar surface area (TPSA) is 39.1 Å². The van der Waals surface area contributed by atoms with E-state index in [1.807, 2.05) is 10.9 Å². The molecule has 1 fully saturated rings. The molecule has 0 radical (unpaired) electrons. The first-order chi connectivity index (χ1) is 6.84. The van der Waals surface area contributed by atoms with Crippen molar-refractivity contribution in [3.63, 3.8) is 0 Å². The Hall–Kier alpha value is -0.870. The van der Waals surface area contributed by atoms with E-state index in [1.54, 1.807) is 0 Å². The van der Waals surface area contributed by atoms with Crippen molar-refractivity contribution in [2.45, 2.75) is 13.5 Å². The van der Waals surface area contributed by atoms with E-state index in [4.69, 9.17) is 4.74 Å². The van der Waals surface area contributed by atoms with E-state index in [9.17, 15) is 0 Å². The van der Waals surface area contributed by atoms with Gasteiger partial charge in [0.05, 0.1) is 19.4 Å². The summed E-state index contributed by atoms with van der Waals surface area (Å²) in [5.74, 6) is 0.539. The smallest absolute Gasteiger partial charge is 0.0591 e. The lowest BCUT2D eigenvalue weighted by Gasteiger charge is -2.13. The van der Waals surface area contributed by atoms with Gasteiger partial charge in [0.1, 0.15) is 0 Å². The highest BCUT2D eigenvalue weighted by atomic mass is 16.5. The van der Waals surface area contributed by atoms with Crippen molar-refractivity contribution in [3.05, 3.63) is 18.0 Å². The van der Waals surface area contributed by atoms with Gasteiger partial charge in [-0.05, 0) is 12.5 Å². The van der Waals surface area contributed by atoms with Crippen molar-refractivity contribution < 1.29 is 4.74 Å². The van der Waals surface area contributed by atoms with Gasteiger partial charge in [-0.25, -0.2) is 0 Å². The second-order valence-electron chi connectivity index (χ2n) is 3.88. The Labute approximate surface area is 84.3 Å². The summed E-state index contributed by atoms with van der Waals surface area (Å²) in [4.78, 5) is 0. The monoisotopic (exact) mass is 195 g/mol. The number of nitrogens with one attached hydrogen (secondary N) is 1. The Morgan fingerprint density at radius 3 is 3.43 bits per heavy atom. The third kappa shape index (κ3) is 2.56. The van der Waals surface area contributed by atoms with Crippen LogP contribution in [0.4, 0.5) is 0 Å². The van der Waals surface area contributed by atoms with Gasteiger partial charge in [-0.15, -0.1) is 0 Å². The molecule has 1 aliphatic heterocycles. The summed E-state index contributed by atoms with van der Waals surface area (Å²) in [6.07, 6.45) is 3.97. The highest BCUT2D eigenvalue weighted by Gasteiger charge is 2.12. The molecule has 0 saturated carbocycles. The Morgan fingerprint density at radius 2 is 2.64 bits per heavy atom. The average molecular weight is 195 g/mol. The molecule has 78 valence electrons. The van der Waals surface area contributed by atoms with Crippen LogP contribution >= 0.6 is 0 Å². The molecule has 1 aromatic heterocycles. The van der Waals surface area contributed by atoms with Gasteiger partial charge in [0.25, 0.3) is 0 Å². The standard InChI is InChI=1S/C10H17N3O/c1-9-4-12-13(6-9)7-10-5-11-2-3-14-8-10/h4,6,10-11H,2-3,5,7-8H2,1H3. The van der Waals surface area contributed by atoms with E-state index >= 15 is 0 Å². The van der Waals surface area contributed by atoms with Crippen LogP contribution in [0.5, 0.6) is 0 Å². The van der Waals surface area contributed by atoms with E-state index in [-0.39, 0.29) is 0 Å². The zero-order valence-corrected chi connectivity index (χ0v) is 8.57. The summed E-state index contributed by atoms with van der Waals surface area (Å²) in [6, 6.07) is 0. The van der Waals surface area contributed by atoms with Crippen molar-refractivity contribution >= 4 is 0 Å². The maximum absolute atomic E-state index is 5.48. The molecule has 14 heavy (non-hydrogen) atoms. The molecule has 1 aliphatic rings. The molecule has 1 unspecified atom stereocenters. The molecule has 2 heterocycles. The number of hydrogen-bond acceptors (Lipinski definition) is 3. The summed E-state index contributed by atoms with van der Waals surface area (Å²) in [5.41, 5.74) is 1.22. The Bertz CT molecular complexity index is 277. The third-order valence-electron chi connectivity index (χ3n) is 2.42. The highest BCUT2D eigenvalue weighted by Crippen LogP contribution is 2.04. The number of aromatic nitrogens is 2. The molecule has 1 N–H and O–H groups in total. The lowest BCUT2D eigenvalue weighted by molar-refractivity contribution is 0.116. The normalized spacial score (nSPS) is 23.4. The molecular formula is C10H17N3O. The predicted octanol–water partition coefficient (Wildman–Crippen LogP) is 0.428. The number of ether oxygens (including phenoxy) is 1. The molecular weight excluding hydrogens is 178 g/mol. The Kier molecular flexibility index (Phi) is 3.16. The van der Waals surface area contributed by atoms with E-state index in [0.717, 1.165) is 32.8 Å². The van der Waals surface area contributed by atoms with Crippen molar-refractivity contribution in [1.82, 2.24) is 15.1 Å². The zero-order valence-electron chi connectivity index (χ0n) is 8.57. The number of rotatable bonds is 2. The van der Waals surface area contributed by atoms with Gasteiger partial charge in [-0.1, -0.05) is 0 Å². The second-order valence-corrected chi connectivity index (χ2v) is 3.88. The minimum absolute atomic E-state index is 0.539. The van der Waals surface area contributed by atoms with E-state index in [1.165, 1.54) is 5.56 Å². The van der Waals surface area contributed by atoms with Crippen molar-refractivity contribution in [3.8, 4) is 0 Å². The fourth-order valence-corrected chi connectivity index (χ4v) is 1.71. The minimum atomic E-state index is 0.539. The SMILES string of the molecule is Cc1cnn(CC2CNCCOC2)c1. The fraction of sp³-hybridized carbons (Fsp3) is 0.700. The molecule has 0 aliphatic carbocycles. The summed E-state index contributed by atoms with van der Waals surface area (Å²) in [7, 11) is 0. The summed E-state index contributed by atoms with van der Waals surface area (Å²) in [6.45, 7) is 6.67. The van der Waals surface area contributed by atoms with Crippen molar-refractivity contribution in [1.29, 1.82) is 0 Å². The van der Waals surface area contributed by atoms with Gasteiger partial charge in [0.15, 0.2) is 0 Å². The summed E-state index contributed by atoms with van der Waals surface area (Å²) < 4.78 is 7.48. The number of aryl methyl sites for hydroxylation is 1. The predicted molar refractivity (Wildman–Crippen MR) is 54.1 cm³/mol. The zero-order chi connectivity index (χ0) is 9.80.